The quantitative estimate of drug-likeness (QED) is 0.886. The molecule has 0 unspecified atom stereocenters. The van der Waals surface area contributed by atoms with Gasteiger partial charge in [-0.1, -0.05) is 35.9 Å². The lowest BCUT2D eigenvalue weighted by Gasteiger charge is -2.16. The van der Waals surface area contributed by atoms with Gasteiger partial charge in [0.25, 0.3) is 5.91 Å². The van der Waals surface area contributed by atoms with E-state index in [0.29, 0.717) is 0 Å². The summed E-state index contributed by atoms with van der Waals surface area (Å²) >= 11 is 0. The summed E-state index contributed by atoms with van der Waals surface area (Å²) in [6.07, 6.45) is 0.165. The van der Waals surface area contributed by atoms with Gasteiger partial charge in [0.1, 0.15) is 6.04 Å². The highest BCUT2D eigenvalue weighted by Gasteiger charge is 2.22. The number of hydrogen-bond acceptors (Lipinski definition) is 2. The largest absolute Gasteiger partial charge is 0.368 e. The number of nitrogens with one attached hydrogen (secondary N) is 1. The molecule has 0 saturated carbocycles. The molecule has 0 aliphatic rings. The molecule has 2 amide bonds. The molecule has 4 nitrogen and oxygen atoms in total. The first-order valence-electron chi connectivity index (χ1n) is 6.98. The zero-order valence-corrected chi connectivity index (χ0v) is 12.5. The number of benzene rings is 2. The molecule has 0 bridgehead atoms. The summed E-state index contributed by atoms with van der Waals surface area (Å²) in [6, 6.07) is 9.57. The van der Waals surface area contributed by atoms with Crippen molar-refractivity contribution in [3.63, 3.8) is 0 Å². The molecule has 0 radical (unpaired) electrons. The number of carbonyl (C=O) groups is 2. The number of hydrogen-bond donors (Lipinski definition) is 2. The molecule has 6 heteroatoms. The average Bonchev–Trinajstić information content (AvgIpc) is 2.51. The average molecular weight is 318 g/mol. The van der Waals surface area contributed by atoms with E-state index in [2.05, 4.69) is 5.32 Å². The standard InChI is InChI=1S/C17H16F2N2O2/c1-10-5-7-11(8-6-10)9-14(16(20)22)21-17(23)12-3-2-4-13(18)15(12)19/h2-8,14H,9H2,1H3,(H2,20,22)(H,21,23)/t14-/m1/s1. The SMILES string of the molecule is Cc1ccc(C[C@@H](NC(=O)c2cccc(F)c2F)C(N)=O)cc1. The Morgan fingerprint density at radius 3 is 2.39 bits per heavy atom. The van der Waals surface area contributed by atoms with Crippen molar-refractivity contribution in [2.24, 2.45) is 5.73 Å². The number of halogens is 2. The van der Waals surface area contributed by atoms with E-state index in [-0.39, 0.29) is 6.42 Å². The van der Waals surface area contributed by atoms with E-state index in [1.807, 2.05) is 19.1 Å². The molecule has 2 aromatic rings. The first kappa shape index (κ1) is 16.6. The fraction of sp³-hybridized carbons (Fsp3) is 0.176. The maximum absolute atomic E-state index is 13.6. The number of carbonyl (C=O) groups excluding carboxylic acids is 2. The van der Waals surface area contributed by atoms with Crippen LogP contribution in [0.4, 0.5) is 8.78 Å². The van der Waals surface area contributed by atoms with E-state index in [4.69, 9.17) is 5.73 Å². The maximum Gasteiger partial charge on any atom is 0.255 e. The molecule has 2 aromatic carbocycles. The lowest BCUT2D eigenvalue weighted by Crippen LogP contribution is -2.46. The van der Waals surface area contributed by atoms with Gasteiger partial charge in [-0.3, -0.25) is 9.59 Å². The van der Waals surface area contributed by atoms with Crippen LogP contribution >= 0.6 is 0 Å². The molecule has 0 saturated heterocycles. The van der Waals surface area contributed by atoms with E-state index in [1.165, 1.54) is 6.07 Å². The fourth-order valence-electron chi connectivity index (χ4n) is 2.10. The Balaban J connectivity index is 2.16. The maximum atomic E-state index is 13.6. The van der Waals surface area contributed by atoms with Crippen molar-refractivity contribution in [1.82, 2.24) is 5.32 Å². The predicted octanol–water partition coefficient (Wildman–Crippen LogP) is 2.10. The zero-order valence-electron chi connectivity index (χ0n) is 12.5. The first-order chi connectivity index (χ1) is 10.9. The van der Waals surface area contributed by atoms with Gasteiger partial charge in [-0.25, -0.2) is 8.78 Å². The summed E-state index contributed by atoms with van der Waals surface area (Å²) in [5.41, 5.74) is 6.66. The summed E-state index contributed by atoms with van der Waals surface area (Å²) in [4.78, 5) is 23.6. The van der Waals surface area contributed by atoms with Crippen LogP contribution in [0.25, 0.3) is 0 Å². The van der Waals surface area contributed by atoms with Crippen LogP contribution in [-0.2, 0) is 11.2 Å². The second-order valence-corrected chi connectivity index (χ2v) is 5.22. The minimum Gasteiger partial charge on any atom is -0.368 e. The van der Waals surface area contributed by atoms with Gasteiger partial charge in [-0.2, -0.15) is 0 Å². The minimum absolute atomic E-state index is 0.165. The summed E-state index contributed by atoms with van der Waals surface area (Å²) < 4.78 is 26.8. The molecule has 0 aliphatic heterocycles. The Morgan fingerprint density at radius 2 is 1.78 bits per heavy atom. The van der Waals surface area contributed by atoms with Crippen molar-refractivity contribution in [2.75, 3.05) is 0 Å². The van der Waals surface area contributed by atoms with Crippen molar-refractivity contribution in [2.45, 2.75) is 19.4 Å². The van der Waals surface area contributed by atoms with Crippen molar-refractivity contribution in [3.05, 3.63) is 70.8 Å². The smallest absolute Gasteiger partial charge is 0.255 e. The van der Waals surface area contributed by atoms with Crippen LogP contribution in [0.2, 0.25) is 0 Å². The Labute approximate surface area is 132 Å². The molecule has 0 heterocycles. The molecule has 0 aromatic heterocycles. The fourth-order valence-corrected chi connectivity index (χ4v) is 2.10. The summed E-state index contributed by atoms with van der Waals surface area (Å²) in [5.74, 6) is -4.04. The van der Waals surface area contributed by atoms with Crippen LogP contribution in [0.5, 0.6) is 0 Å². The Morgan fingerprint density at radius 1 is 1.13 bits per heavy atom. The number of primary amides is 1. The molecule has 0 aliphatic carbocycles. The molecule has 120 valence electrons. The summed E-state index contributed by atoms with van der Waals surface area (Å²) in [5, 5.41) is 2.34. The first-order valence-corrected chi connectivity index (χ1v) is 6.98. The van der Waals surface area contributed by atoms with Crippen LogP contribution < -0.4 is 11.1 Å². The molecule has 23 heavy (non-hydrogen) atoms. The van der Waals surface area contributed by atoms with Gasteiger partial charge in [-0.05, 0) is 24.6 Å². The lowest BCUT2D eigenvalue weighted by molar-refractivity contribution is -0.119. The normalized spacial score (nSPS) is 11.8. The number of amides is 2. The van der Waals surface area contributed by atoms with Crippen LogP contribution in [0.1, 0.15) is 21.5 Å². The molecule has 3 N–H and O–H groups in total. The van der Waals surface area contributed by atoms with Crippen LogP contribution in [-0.4, -0.2) is 17.9 Å². The van der Waals surface area contributed by atoms with Crippen molar-refractivity contribution in [1.29, 1.82) is 0 Å². The van der Waals surface area contributed by atoms with Crippen molar-refractivity contribution in [3.8, 4) is 0 Å². The predicted molar refractivity (Wildman–Crippen MR) is 81.7 cm³/mol. The van der Waals surface area contributed by atoms with Gasteiger partial charge in [0.05, 0.1) is 5.56 Å². The third-order valence-corrected chi connectivity index (χ3v) is 3.41. The Hall–Kier alpha value is -2.76. The van der Waals surface area contributed by atoms with Crippen LogP contribution in [0.15, 0.2) is 42.5 Å². The second kappa shape index (κ2) is 7.00. The number of nitrogens with two attached hydrogens (primary N) is 1. The highest BCUT2D eigenvalue weighted by atomic mass is 19.2. The van der Waals surface area contributed by atoms with E-state index < -0.39 is 35.1 Å². The molecular formula is C17H16F2N2O2. The summed E-state index contributed by atoms with van der Waals surface area (Å²) in [6.45, 7) is 1.92. The molecule has 0 spiro atoms. The molecular weight excluding hydrogens is 302 g/mol. The topological polar surface area (TPSA) is 72.2 Å². The minimum atomic E-state index is -1.26. The monoisotopic (exact) mass is 318 g/mol. The third-order valence-electron chi connectivity index (χ3n) is 3.41. The van der Waals surface area contributed by atoms with Gasteiger partial charge in [0.2, 0.25) is 5.91 Å². The van der Waals surface area contributed by atoms with Gasteiger partial charge >= 0.3 is 0 Å². The number of aryl methyl sites for hydroxylation is 1. The van der Waals surface area contributed by atoms with E-state index in [9.17, 15) is 18.4 Å². The molecule has 1 atom stereocenters. The van der Waals surface area contributed by atoms with E-state index in [1.54, 1.807) is 12.1 Å². The van der Waals surface area contributed by atoms with Crippen LogP contribution in [0.3, 0.4) is 0 Å². The van der Waals surface area contributed by atoms with Crippen molar-refractivity contribution < 1.29 is 18.4 Å². The van der Waals surface area contributed by atoms with Crippen LogP contribution in [0, 0.1) is 18.6 Å². The van der Waals surface area contributed by atoms with Crippen molar-refractivity contribution >= 4 is 11.8 Å². The Bertz CT molecular complexity index is 730. The highest BCUT2D eigenvalue weighted by molar-refractivity contribution is 5.97. The molecule has 2 rings (SSSR count). The van der Waals surface area contributed by atoms with E-state index >= 15 is 0 Å². The summed E-state index contributed by atoms with van der Waals surface area (Å²) in [7, 11) is 0. The third kappa shape index (κ3) is 4.12. The number of rotatable bonds is 5. The molecule has 0 fully saturated rings. The lowest BCUT2D eigenvalue weighted by atomic mass is 10.0. The van der Waals surface area contributed by atoms with Gasteiger partial charge in [0.15, 0.2) is 11.6 Å². The highest BCUT2D eigenvalue weighted by Crippen LogP contribution is 2.12. The van der Waals surface area contributed by atoms with Gasteiger partial charge in [-0.15, -0.1) is 0 Å². The second-order valence-electron chi connectivity index (χ2n) is 5.22. The zero-order chi connectivity index (χ0) is 17.0. The van der Waals surface area contributed by atoms with Gasteiger partial charge in [0, 0.05) is 6.42 Å². The van der Waals surface area contributed by atoms with Gasteiger partial charge < -0.3 is 11.1 Å². The Kier molecular flexibility index (Phi) is 5.05. The van der Waals surface area contributed by atoms with E-state index in [0.717, 1.165) is 23.3 Å².